The van der Waals surface area contributed by atoms with Gasteiger partial charge in [0.25, 0.3) is 0 Å². The quantitative estimate of drug-likeness (QED) is 0.740. The number of anilines is 1. The number of aromatic nitrogens is 1. The van der Waals surface area contributed by atoms with Crippen LogP contribution in [0.1, 0.15) is 24.5 Å². The minimum absolute atomic E-state index is 0.0708. The first-order valence-corrected chi connectivity index (χ1v) is 6.31. The van der Waals surface area contributed by atoms with Gasteiger partial charge in [-0.3, -0.25) is 0 Å². The van der Waals surface area contributed by atoms with E-state index >= 15 is 0 Å². The van der Waals surface area contributed by atoms with Crippen molar-refractivity contribution in [1.29, 1.82) is 0 Å². The highest BCUT2D eigenvalue weighted by Crippen LogP contribution is 2.28. The van der Waals surface area contributed by atoms with Crippen molar-refractivity contribution >= 4 is 15.7 Å². The number of nitrogens with two attached hydrogens (primary N) is 1. The van der Waals surface area contributed by atoms with Gasteiger partial charge in [0.2, 0.25) is 0 Å². The summed E-state index contributed by atoms with van der Waals surface area (Å²) in [5, 5.41) is 3.55. The zero-order valence-electron chi connectivity index (χ0n) is 7.64. The molecular formula is C8H12N2O3S. The summed E-state index contributed by atoms with van der Waals surface area (Å²) in [4.78, 5) is 0. The fourth-order valence-corrected chi connectivity index (χ4v) is 3.46. The lowest BCUT2D eigenvalue weighted by Gasteiger charge is -2.18. The van der Waals surface area contributed by atoms with Crippen LogP contribution < -0.4 is 5.73 Å². The molecule has 0 aromatic carbocycles. The summed E-state index contributed by atoms with van der Waals surface area (Å²) in [6.45, 7) is 0. The molecule has 6 heteroatoms. The van der Waals surface area contributed by atoms with Crippen molar-refractivity contribution in [3.8, 4) is 0 Å². The number of nitrogens with zero attached hydrogens (tertiary/aromatic N) is 1. The first kappa shape index (κ1) is 9.51. The molecule has 2 N–H and O–H groups in total. The van der Waals surface area contributed by atoms with Crippen molar-refractivity contribution in [2.24, 2.45) is 0 Å². The molecule has 1 unspecified atom stereocenters. The summed E-state index contributed by atoms with van der Waals surface area (Å²) in [6.07, 6.45) is 1.52. The van der Waals surface area contributed by atoms with Crippen LogP contribution >= 0.6 is 0 Å². The predicted molar refractivity (Wildman–Crippen MR) is 51.5 cm³/mol. The van der Waals surface area contributed by atoms with E-state index in [9.17, 15) is 8.42 Å². The van der Waals surface area contributed by atoms with Gasteiger partial charge in [-0.1, -0.05) is 5.16 Å². The van der Waals surface area contributed by atoms with Gasteiger partial charge < -0.3 is 10.3 Å². The fourth-order valence-electron chi connectivity index (χ4n) is 1.74. The average Bonchev–Trinajstić information content (AvgIpc) is 2.50. The van der Waals surface area contributed by atoms with Crippen molar-refractivity contribution in [2.75, 3.05) is 17.2 Å². The lowest BCUT2D eigenvalue weighted by atomic mass is 10.0. The van der Waals surface area contributed by atoms with E-state index in [0.29, 0.717) is 18.0 Å². The number of rotatable bonds is 1. The Morgan fingerprint density at radius 1 is 1.57 bits per heavy atom. The van der Waals surface area contributed by atoms with E-state index in [2.05, 4.69) is 5.16 Å². The van der Waals surface area contributed by atoms with Crippen molar-refractivity contribution in [3.05, 3.63) is 11.8 Å². The van der Waals surface area contributed by atoms with E-state index < -0.39 is 9.84 Å². The fraction of sp³-hybridized carbons (Fsp3) is 0.625. The average molecular weight is 216 g/mol. The van der Waals surface area contributed by atoms with Gasteiger partial charge in [0, 0.05) is 12.0 Å². The molecule has 0 spiro atoms. The number of sulfone groups is 1. The summed E-state index contributed by atoms with van der Waals surface area (Å²) in [7, 11) is -2.90. The number of hydrogen-bond donors (Lipinski definition) is 1. The molecule has 0 saturated carbocycles. The highest BCUT2D eigenvalue weighted by molar-refractivity contribution is 7.91. The van der Waals surface area contributed by atoms with Gasteiger partial charge in [-0.25, -0.2) is 8.42 Å². The Kier molecular flexibility index (Phi) is 2.22. The number of nitrogen functional groups attached to an aromatic ring is 1. The molecule has 1 aliphatic rings. The van der Waals surface area contributed by atoms with Gasteiger partial charge in [0.05, 0.1) is 11.5 Å². The summed E-state index contributed by atoms with van der Waals surface area (Å²) < 4.78 is 27.7. The third-order valence-electron chi connectivity index (χ3n) is 2.41. The predicted octanol–water partition coefficient (Wildman–Crippen LogP) is 0.549. The van der Waals surface area contributed by atoms with Gasteiger partial charge in [-0.15, -0.1) is 0 Å². The van der Waals surface area contributed by atoms with Crippen LogP contribution in [0.4, 0.5) is 5.82 Å². The Hall–Kier alpha value is -1.04. The Labute approximate surface area is 82.2 Å². The lowest BCUT2D eigenvalue weighted by Crippen LogP contribution is -2.23. The van der Waals surface area contributed by atoms with Crippen LogP contribution in [0.15, 0.2) is 10.6 Å². The molecule has 0 radical (unpaired) electrons. The molecule has 1 saturated heterocycles. The van der Waals surface area contributed by atoms with Crippen LogP contribution in [0.5, 0.6) is 0 Å². The molecule has 1 aromatic heterocycles. The van der Waals surface area contributed by atoms with E-state index in [1.165, 1.54) is 0 Å². The highest BCUT2D eigenvalue weighted by Gasteiger charge is 2.28. The van der Waals surface area contributed by atoms with E-state index in [1.807, 2.05) is 0 Å². The van der Waals surface area contributed by atoms with Crippen LogP contribution in [-0.4, -0.2) is 25.1 Å². The zero-order chi connectivity index (χ0) is 10.2. The van der Waals surface area contributed by atoms with Crippen molar-refractivity contribution < 1.29 is 12.9 Å². The topological polar surface area (TPSA) is 86.2 Å². The Morgan fingerprint density at radius 3 is 2.93 bits per heavy atom. The maximum absolute atomic E-state index is 11.3. The molecule has 1 aromatic rings. The summed E-state index contributed by atoms with van der Waals surface area (Å²) in [5.74, 6) is 1.27. The standard InChI is InChI=1S/C8H12N2O3S/c9-8-4-7(13-10-8)6-2-1-3-14(11,12)5-6/h4,6H,1-3,5H2,(H2,9,10). The van der Waals surface area contributed by atoms with E-state index in [4.69, 9.17) is 10.3 Å². The second-order valence-electron chi connectivity index (χ2n) is 3.61. The first-order valence-electron chi connectivity index (χ1n) is 4.49. The summed E-state index contributed by atoms with van der Waals surface area (Å²) in [6, 6.07) is 1.60. The second kappa shape index (κ2) is 3.27. The van der Waals surface area contributed by atoms with Gasteiger partial charge >= 0.3 is 0 Å². The first-order chi connectivity index (χ1) is 6.57. The van der Waals surface area contributed by atoms with Crippen LogP contribution in [0.2, 0.25) is 0 Å². The molecule has 0 bridgehead atoms. The third kappa shape index (κ3) is 1.89. The monoisotopic (exact) mass is 216 g/mol. The van der Waals surface area contributed by atoms with E-state index in [0.717, 1.165) is 6.42 Å². The van der Waals surface area contributed by atoms with E-state index in [-0.39, 0.29) is 17.4 Å². The largest absolute Gasteiger partial charge is 0.381 e. The minimum atomic E-state index is -2.90. The smallest absolute Gasteiger partial charge is 0.167 e. The molecule has 78 valence electrons. The van der Waals surface area contributed by atoms with Gasteiger partial charge in [-0.2, -0.15) is 0 Å². The maximum atomic E-state index is 11.3. The van der Waals surface area contributed by atoms with Crippen LogP contribution in [0, 0.1) is 0 Å². The van der Waals surface area contributed by atoms with Crippen molar-refractivity contribution in [3.63, 3.8) is 0 Å². The maximum Gasteiger partial charge on any atom is 0.167 e. The Bertz CT molecular complexity index is 424. The molecule has 0 amide bonds. The molecule has 14 heavy (non-hydrogen) atoms. The highest BCUT2D eigenvalue weighted by atomic mass is 32.2. The van der Waals surface area contributed by atoms with Gasteiger partial charge in [0.1, 0.15) is 5.76 Å². The Balaban J connectivity index is 2.20. The number of hydrogen-bond acceptors (Lipinski definition) is 5. The molecule has 1 fully saturated rings. The van der Waals surface area contributed by atoms with E-state index in [1.54, 1.807) is 6.07 Å². The molecule has 2 rings (SSSR count). The molecule has 5 nitrogen and oxygen atoms in total. The molecule has 1 atom stereocenters. The normalized spacial score (nSPS) is 26.1. The Morgan fingerprint density at radius 2 is 2.36 bits per heavy atom. The SMILES string of the molecule is Nc1cc(C2CCCS(=O)(=O)C2)on1. The zero-order valence-corrected chi connectivity index (χ0v) is 8.46. The molecule has 0 aliphatic carbocycles. The van der Waals surface area contributed by atoms with Crippen LogP contribution in [0.3, 0.4) is 0 Å². The molecular weight excluding hydrogens is 204 g/mol. The minimum Gasteiger partial charge on any atom is -0.381 e. The molecule has 2 heterocycles. The molecule has 1 aliphatic heterocycles. The van der Waals surface area contributed by atoms with Crippen LogP contribution in [-0.2, 0) is 9.84 Å². The summed E-state index contributed by atoms with van der Waals surface area (Å²) >= 11 is 0. The van der Waals surface area contributed by atoms with Crippen LogP contribution in [0.25, 0.3) is 0 Å². The lowest BCUT2D eigenvalue weighted by molar-refractivity contribution is 0.359. The second-order valence-corrected chi connectivity index (χ2v) is 5.84. The summed E-state index contributed by atoms with van der Waals surface area (Å²) in [5.41, 5.74) is 5.40. The van der Waals surface area contributed by atoms with Crippen molar-refractivity contribution in [1.82, 2.24) is 5.16 Å². The third-order valence-corrected chi connectivity index (χ3v) is 4.23. The van der Waals surface area contributed by atoms with Crippen molar-refractivity contribution in [2.45, 2.75) is 18.8 Å². The van der Waals surface area contributed by atoms with Gasteiger partial charge in [-0.05, 0) is 12.8 Å². The van der Waals surface area contributed by atoms with Gasteiger partial charge in [0.15, 0.2) is 15.7 Å².